The lowest BCUT2D eigenvalue weighted by atomic mass is 10.2. The molecule has 0 aliphatic heterocycles. The molecule has 0 radical (unpaired) electrons. The van der Waals surface area contributed by atoms with Gasteiger partial charge in [0.15, 0.2) is 0 Å². The molecule has 0 saturated carbocycles. The van der Waals surface area contributed by atoms with Gasteiger partial charge in [0.1, 0.15) is 0 Å². The summed E-state index contributed by atoms with van der Waals surface area (Å²) < 4.78 is 23.3. The average Bonchev–Trinajstić information content (AvgIpc) is 2.68. The SMILES string of the molecule is NS(=O)(=O)CCn1cnc2cccc(C(=O)O)c21. The van der Waals surface area contributed by atoms with Crippen molar-refractivity contribution in [2.45, 2.75) is 6.54 Å². The number of hydrogen-bond acceptors (Lipinski definition) is 4. The predicted molar refractivity (Wildman–Crippen MR) is 64.7 cm³/mol. The van der Waals surface area contributed by atoms with E-state index in [1.165, 1.54) is 17.0 Å². The van der Waals surface area contributed by atoms with Crippen LogP contribution in [0.2, 0.25) is 0 Å². The zero-order valence-corrected chi connectivity index (χ0v) is 10.1. The molecule has 1 aromatic carbocycles. The first kappa shape index (κ1) is 12.5. The summed E-state index contributed by atoms with van der Waals surface area (Å²) in [7, 11) is -3.60. The molecule has 0 aliphatic rings. The van der Waals surface area contributed by atoms with Crippen LogP contribution in [-0.4, -0.2) is 34.8 Å². The van der Waals surface area contributed by atoms with Gasteiger partial charge in [-0.15, -0.1) is 0 Å². The lowest BCUT2D eigenvalue weighted by molar-refractivity contribution is 0.0698. The van der Waals surface area contributed by atoms with Gasteiger partial charge in [-0.2, -0.15) is 0 Å². The van der Waals surface area contributed by atoms with Crippen LogP contribution in [0.3, 0.4) is 0 Å². The van der Waals surface area contributed by atoms with E-state index < -0.39 is 16.0 Å². The van der Waals surface area contributed by atoms with E-state index in [0.29, 0.717) is 11.0 Å². The third kappa shape index (κ3) is 2.49. The quantitative estimate of drug-likeness (QED) is 0.812. The second kappa shape index (κ2) is 4.39. The number of nitrogens with zero attached hydrogens (tertiary/aromatic N) is 2. The molecular weight excluding hydrogens is 258 g/mol. The number of hydrogen-bond donors (Lipinski definition) is 2. The molecule has 2 rings (SSSR count). The van der Waals surface area contributed by atoms with E-state index in [1.54, 1.807) is 12.1 Å². The molecule has 0 amide bonds. The zero-order chi connectivity index (χ0) is 13.3. The molecule has 0 bridgehead atoms. The minimum Gasteiger partial charge on any atom is -0.478 e. The summed E-state index contributed by atoms with van der Waals surface area (Å²) >= 11 is 0. The summed E-state index contributed by atoms with van der Waals surface area (Å²) in [4.78, 5) is 15.1. The molecule has 0 saturated heterocycles. The Balaban J connectivity index is 2.49. The van der Waals surface area contributed by atoms with Crippen molar-refractivity contribution in [1.82, 2.24) is 9.55 Å². The zero-order valence-electron chi connectivity index (χ0n) is 9.28. The molecule has 2 aromatic rings. The van der Waals surface area contributed by atoms with Crippen LogP contribution in [-0.2, 0) is 16.6 Å². The Labute approximate surface area is 103 Å². The van der Waals surface area contributed by atoms with Crippen molar-refractivity contribution in [3.63, 3.8) is 0 Å². The van der Waals surface area contributed by atoms with E-state index in [2.05, 4.69) is 4.98 Å². The summed E-state index contributed by atoms with van der Waals surface area (Å²) in [6.45, 7) is 0.0691. The molecule has 0 spiro atoms. The van der Waals surface area contributed by atoms with E-state index in [9.17, 15) is 13.2 Å². The summed E-state index contributed by atoms with van der Waals surface area (Å²) in [5, 5.41) is 14.0. The van der Waals surface area contributed by atoms with Gasteiger partial charge in [0.25, 0.3) is 0 Å². The highest BCUT2D eigenvalue weighted by Gasteiger charge is 2.14. The van der Waals surface area contributed by atoms with Gasteiger partial charge in [0, 0.05) is 6.54 Å². The summed E-state index contributed by atoms with van der Waals surface area (Å²) in [5.41, 5.74) is 0.984. The highest BCUT2D eigenvalue weighted by atomic mass is 32.2. The number of fused-ring (bicyclic) bond motifs is 1. The van der Waals surface area contributed by atoms with Gasteiger partial charge in [-0.25, -0.2) is 23.3 Å². The molecule has 7 nitrogen and oxygen atoms in total. The number of aryl methyl sites for hydroxylation is 1. The minimum atomic E-state index is -3.60. The van der Waals surface area contributed by atoms with Crippen LogP contribution in [0.15, 0.2) is 24.5 Å². The molecule has 0 atom stereocenters. The number of sulfonamides is 1. The lowest BCUT2D eigenvalue weighted by Crippen LogP contribution is -2.20. The van der Waals surface area contributed by atoms with Crippen LogP contribution < -0.4 is 5.14 Å². The first-order valence-electron chi connectivity index (χ1n) is 5.06. The third-order valence-corrected chi connectivity index (χ3v) is 3.24. The number of primary sulfonamides is 1. The molecule has 1 aromatic heterocycles. The maximum absolute atomic E-state index is 11.1. The Kier molecular flexibility index (Phi) is 3.05. The summed E-state index contributed by atoms with van der Waals surface area (Å²) in [6, 6.07) is 4.69. The largest absolute Gasteiger partial charge is 0.478 e. The van der Waals surface area contributed by atoms with Crippen molar-refractivity contribution < 1.29 is 18.3 Å². The molecule has 1 heterocycles. The molecular formula is C10H11N3O4S. The van der Waals surface area contributed by atoms with Crippen LogP contribution in [0, 0.1) is 0 Å². The number of benzene rings is 1. The number of carboxylic acids is 1. The van der Waals surface area contributed by atoms with Gasteiger partial charge in [0.05, 0.1) is 28.7 Å². The number of carbonyl (C=O) groups is 1. The van der Waals surface area contributed by atoms with E-state index in [-0.39, 0.29) is 17.9 Å². The number of imidazole rings is 1. The predicted octanol–water partition coefficient (Wildman–Crippen LogP) is 0.0230. The topological polar surface area (TPSA) is 115 Å². The van der Waals surface area contributed by atoms with Gasteiger partial charge in [0.2, 0.25) is 10.0 Å². The number of para-hydroxylation sites is 1. The number of carboxylic acid groups (broad SMARTS) is 1. The molecule has 0 aliphatic carbocycles. The second-order valence-corrected chi connectivity index (χ2v) is 5.52. The Morgan fingerprint density at radius 2 is 2.17 bits per heavy atom. The monoisotopic (exact) mass is 269 g/mol. The van der Waals surface area contributed by atoms with Crippen molar-refractivity contribution in [2.24, 2.45) is 5.14 Å². The Bertz CT molecular complexity index is 705. The summed E-state index contributed by atoms with van der Waals surface area (Å²) in [5.74, 6) is -1.36. The maximum Gasteiger partial charge on any atom is 0.337 e. The fraction of sp³-hybridized carbons (Fsp3) is 0.200. The van der Waals surface area contributed by atoms with Crippen molar-refractivity contribution in [3.05, 3.63) is 30.1 Å². The number of aromatic carboxylic acids is 1. The lowest BCUT2D eigenvalue weighted by Gasteiger charge is -2.05. The molecule has 3 N–H and O–H groups in total. The molecule has 0 unspecified atom stereocenters. The Morgan fingerprint density at radius 1 is 1.44 bits per heavy atom. The van der Waals surface area contributed by atoms with E-state index >= 15 is 0 Å². The van der Waals surface area contributed by atoms with Gasteiger partial charge >= 0.3 is 5.97 Å². The van der Waals surface area contributed by atoms with Crippen molar-refractivity contribution in [1.29, 1.82) is 0 Å². The fourth-order valence-electron chi connectivity index (χ4n) is 1.69. The molecule has 18 heavy (non-hydrogen) atoms. The summed E-state index contributed by atoms with van der Waals surface area (Å²) in [6.07, 6.45) is 1.41. The molecule has 0 fully saturated rings. The van der Waals surface area contributed by atoms with Crippen LogP contribution in [0.1, 0.15) is 10.4 Å². The first-order chi connectivity index (χ1) is 8.38. The fourth-order valence-corrected chi connectivity index (χ4v) is 2.15. The van der Waals surface area contributed by atoms with Gasteiger partial charge in [-0.05, 0) is 12.1 Å². The van der Waals surface area contributed by atoms with Gasteiger partial charge in [-0.1, -0.05) is 6.07 Å². The molecule has 96 valence electrons. The maximum atomic E-state index is 11.1. The van der Waals surface area contributed by atoms with E-state index in [4.69, 9.17) is 10.2 Å². The van der Waals surface area contributed by atoms with Crippen LogP contribution in [0.4, 0.5) is 0 Å². The standard InChI is InChI=1S/C10H11N3O4S/c11-18(16,17)5-4-13-6-12-8-3-1-2-7(9(8)13)10(14)15/h1-3,6H,4-5H2,(H,14,15)(H2,11,16,17). The Morgan fingerprint density at radius 3 is 2.78 bits per heavy atom. The molecule has 8 heteroatoms. The van der Waals surface area contributed by atoms with E-state index in [1.807, 2.05) is 0 Å². The smallest absolute Gasteiger partial charge is 0.337 e. The van der Waals surface area contributed by atoms with Crippen molar-refractivity contribution >= 4 is 27.0 Å². The number of rotatable bonds is 4. The number of nitrogens with two attached hydrogens (primary N) is 1. The van der Waals surface area contributed by atoms with E-state index in [0.717, 1.165) is 0 Å². The van der Waals surface area contributed by atoms with Crippen LogP contribution >= 0.6 is 0 Å². The van der Waals surface area contributed by atoms with Crippen molar-refractivity contribution in [2.75, 3.05) is 5.75 Å². The van der Waals surface area contributed by atoms with Crippen LogP contribution in [0.5, 0.6) is 0 Å². The number of aromatic nitrogens is 2. The average molecular weight is 269 g/mol. The minimum absolute atomic E-state index is 0.0691. The van der Waals surface area contributed by atoms with Gasteiger partial charge in [-0.3, -0.25) is 0 Å². The third-order valence-electron chi connectivity index (χ3n) is 2.49. The Hall–Kier alpha value is -1.93. The van der Waals surface area contributed by atoms with Gasteiger partial charge < -0.3 is 9.67 Å². The highest BCUT2D eigenvalue weighted by Crippen LogP contribution is 2.18. The van der Waals surface area contributed by atoms with Crippen LogP contribution in [0.25, 0.3) is 11.0 Å². The normalized spacial score (nSPS) is 11.8. The first-order valence-corrected chi connectivity index (χ1v) is 6.77. The van der Waals surface area contributed by atoms with Crippen molar-refractivity contribution in [3.8, 4) is 0 Å². The highest BCUT2D eigenvalue weighted by molar-refractivity contribution is 7.89. The second-order valence-electron chi connectivity index (χ2n) is 3.78.